The molecule has 1 aliphatic heterocycles. The third kappa shape index (κ3) is 2.25. The molecule has 0 aliphatic carbocycles. The fourth-order valence-electron chi connectivity index (χ4n) is 2.00. The van der Waals surface area contributed by atoms with Gasteiger partial charge in [0.05, 0.1) is 12.3 Å². The lowest BCUT2D eigenvalue weighted by molar-refractivity contribution is -0.141. The fourth-order valence-corrected chi connectivity index (χ4v) is 2.00. The molecule has 0 unspecified atom stereocenters. The molecule has 2 N–H and O–H groups in total. The molecule has 1 fully saturated rings. The van der Waals surface area contributed by atoms with Crippen molar-refractivity contribution in [3.63, 3.8) is 0 Å². The highest BCUT2D eigenvalue weighted by atomic mass is 16.4. The maximum Gasteiger partial charge on any atom is 0.322 e. The molecule has 5 nitrogen and oxygen atoms in total. The Bertz CT molecular complexity index is 350. The number of nitrogens with one attached hydrogen (secondary N) is 1. The third-order valence-electron chi connectivity index (χ3n) is 3.01. The van der Waals surface area contributed by atoms with Gasteiger partial charge in [-0.25, -0.2) is 0 Å². The van der Waals surface area contributed by atoms with Crippen LogP contribution in [0.1, 0.15) is 18.7 Å². The van der Waals surface area contributed by atoms with Gasteiger partial charge in [-0.15, -0.1) is 0 Å². The van der Waals surface area contributed by atoms with Gasteiger partial charge in [-0.3, -0.25) is 9.69 Å². The lowest BCUT2D eigenvalue weighted by atomic mass is 10.1. The second-order valence-corrected chi connectivity index (χ2v) is 4.03. The van der Waals surface area contributed by atoms with Crippen molar-refractivity contribution in [2.75, 3.05) is 19.6 Å². The first-order valence-electron chi connectivity index (χ1n) is 5.42. The quantitative estimate of drug-likeness (QED) is 0.791. The summed E-state index contributed by atoms with van der Waals surface area (Å²) in [6.45, 7) is 4.08. The van der Waals surface area contributed by atoms with Crippen molar-refractivity contribution >= 4 is 5.97 Å². The topological polar surface area (TPSA) is 65.7 Å². The average molecular weight is 224 g/mol. The summed E-state index contributed by atoms with van der Waals surface area (Å²) in [6, 6.07) is 3.41. The van der Waals surface area contributed by atoms with E-state index in [0.717, 1.165) is 12.3 Å². The number of carboxylic acid groups (broad SMARTS) is 1. The van der Waals surface area contributed by atoms with Crippen molar-refractivity contribution < 1.29 is 14.3 Å². The number of carboxylic acids is 1. The Hall–Kier alpha value is -1.33. The summed E-state index contributed by atoms with van der Waals surface area (Å²) in [5.74, 6) is 0.0855. The summed E-state index contributed by atoms with van der Waals surface area (Å²) in [7, 11) is 0. The minimum absolute atomic E-state index is 0.124. The summed E-state index contributed by atoms with van der Waals surface area (Å²) < 4.78 is 5.33. The van der Waals surface area contributed by atoms with Crippen LogP contribution in [0.4, 0.5) is 0 Å². The van der Waals surface area contributed by atoms with E-state index in [1.165, 1.54) is 0 Å². The van der Waals surface area contributed by atoms with Crippen molar-refractivity contribution in [3.05, 3.63) is 24.2 Å². The monoisotopic (exact) mass is 224 g/mol. The molecule has 1 aliphatic rings. The molecule has 0 radical (unpaired) electrons. The molecule has 1 aromatic rings. The van der Waals surface area contributed by atoms with Crippen molar-refractivity contribution in [1.82, 2.24) is 10.2 Å². The number of carbonyl (C=O) groups is 1. The van der Waals surface area contributed by atoms with Crippen LogP contribution in [0.15, 0.2) is 22.8 Å². The van der Waals surface area contributed by atoms with E-state index >= 15 is 0 Å². The molecule has 0 amide bonds. The van der Waals surface area contributed by atoms with E-state index in [-0.39, 0.29) is 6.04 Å². The first-order valence-corrected chi connectivity index (χ1v) is 5.42. The van der Waals surface area contributed by atoms with Crippen LogP contribution in [-0.2, 0) is 4.79 Å². The minimum Gasteiger partial charge on any atom is -0.480 e. The van der Waals surface area contributed by atoms with Gasteiger partial charge in [-0.05, 0) is 19.1 Å². The molecule has 0 spiro atoms. The van der Waals surface area contributed by atoms with Crippen LogP contribution < -0.4 is 5.32 Å². The maximum atomic E-state index is 10.9. The number of nitrogens with zero attached hydrogens (tertiary/aromatic N) is 1. The number of aliphatic carboxylic acids is 1. The van der Waals surface area contributed by atoms with Crippen LogP contribution in [0, 0.1) is 0 Å². The first-order chi connectivity index (χ1) is 7.68. The van der Waals surface area contributed by atoms with Gasteiger partial charge in [0.25, 0.3) is 0 Å². The van der Waals surface area contributed by atoms with Gasteiger partial charge in [0.2, 0.25) is 0 Å². The van der Waals surface area contributed by atoms with Gasteiger partial charge in [0.1, 0.15) is 11.8 Å². The van der Waals surface area contributed by atoms with E-state index in [1.807, 2.05) is 19.1 Å². The van der Waals surface area contributed by atoms with Crippen LogP contribution in [0.5, 0.6) is 0 Å². The Labute approximate surface area is 94.0 Å². The van der Waals surface area contributed by atoms with E-state index in [4.69, 9.17) is 9.52 Å². The van der Waals surface area contributed by atoms with Crippen molar-refractivity contribution in [1.29, 1.82) is 0 Å². The summed E-state index contributed by atoms with van der Waals surface area (Å²) in [5, 5.41) is 11.9. The smallest absolute Gasteiger partial charge is 0.322 e. The molecular formula is C11H16N2O3. The van der Waals surface area contributed by atoms with Gasteiger partial charge in [0.15, 0.2) is 0 Å². The molecule has 2 heterocycles. The van der Waals surface area contributed by atoms with Crippen molar-refractivity contribution in [2.24, 2.45) is 0 Å². The zero-order chi connectivity index (χ0) is 11.5. The van der Waals surface area contributed by atoms with Gasteiger partial charge < -0.3 is 14.8 Å². The van der Waals surface area contributed by atoms with Crippen LogP contribution in [-0.4, -0.2) is 41.7 Å². The van der Waals surface area contributed by atoms with Crippen molar-refractivity contribution in [3.8, 4) is 0 Å². The van der Waals surface area contributed by atoms with Gasteiger partial charge in [-0.2, -0.15) is 0 Å². The van der Waals surface area contributed by atoms with Crippen LogP contribution >= 0.6 is 0 Å². The highest BCUT2D eigenvalue weighted by Crippen LogP contribution is 2.21. The Balaban J connectivity index is 2.01. The number of hydrogen-bond acceptors (Lipinski definition) is 4. The lowest BCUT2D eigenvalue weighted by Gasteiger charge is -2.34. The number of rotatable bonds is 3. The number of piperazine rings is 1. The Kier molecular flexibility index (Phi) is 3.26. The van der Waals surface area contributed by atoms with E-state index in [9.17, 15) is 4.79 Å². The van der Waals surface area contributed by atoms with Crippen LogP contribution in [0.3, 0.4) is 0 Å². The molecular weight excluding hydrogens is 208 g/mol. The van der Waals surface area contributed by atoms with Crippen LogP contribution in [0.25, 0.3) is 0 Å². The Morgan fingerprint density at radius 2 is 2.56 bits per heavy atom. The van der Waals surface area contributed by atoms with Crippen LogP contribution in [0.2, 0.25) is 0 Å². The molecule has 0 saturated carbocycles. The third-order valence-corrected chi connectivity index (χ3v) is 3.01. The SMILES string of the molecule is C[C@@H](c1ccco1)N1CCN[C@@H](C(=O)O)C1. The average Bonchev–Trinajstić information content (AvgIpc) is 2.81. The van der Waals surface area contributed by atoms with E-state index in [0.29, 0.717) is 13.1 Å². The first kappa shape index (κ1) is 11.2. The fraction of sp³-hybridized carbons (Fsp3) is 0.545. The number of furan rings is 1. The highest BCUT2D eigenvalue weighted by molar-refractivity contribution is 5.73. The molecule has 2 atom stereocenters. The van der Waals surface area contributed by atoms with E-state index < -0.39 is 12.0 Å². The molecule has 88 valence electrons. The predicted octanol–water partition coefficient (Wildman–Crippen LogP) is 0.699. The summed E-state index contributed by atoms with van der Waals surface area (Å²) in [5.41, 5.74) is 0. The number of hydrogen-bond donors (Lipinski definition) is 2. The largest absolute Gasteiger partial charge is 0.480 e. The second kappa shape index (κ2) is 4.67. The lowest BCUT2D eigenvalue weighted by Crippen LogP contribution is -2.54. The van der Waals surface area contributed by atoms with Gasteiger partial charge >= 0.3 is 5.97 Å². The normalized spacial score (nSPS) is 24.2. The molecule has 0 bridgehead atoms. The zero-order valence-corrected chi connectivity index (χ0v) is 9.22. The molecule has 1 aromatic heterocycles. The standard InChI is InChI=1S/C11H16N2O3/c1-8(10-3-2-6-16-10)13-5-4-12-9(7-13)11(14)15/h2-3,6,8-9,12H,4-5,7H2,1H3,(H,14,15)/t8-,9+/m0/s1. The molecule has 16 heavy (non-hydrogen) atoms. The molecule has 2 rings (SSSR count). The second-order valence-electron chi connectivity index (χ2n) is 4.03. The van der Waals surface area contributed by atoms with E-state index in [1.54, 1.807) is 6.26 Å². The molecule has 5 heteroatoms. The summed E-state index contributed by atoms with van der Waals surface area (Å²) in [4.78, 5) is 13.0. The minimum atomic E-state index is -0.795. The summed E-state index contributed by atoms with van der Waals surface area (Å²) >= 11 is 0. The molecule has 0 aromatic carbocycles. The predicted molar refractivity (Wildman–Crippen MR) is 58.1 cm³/mol. The van der Waals surface area contributed by atoms with Gasteiger partial charge in [0, 0.05) is 19.6 Å². The molecule has 1 saturated heterocycles. The van der Waals surface area contributed by atoms with E-state index in [2.05, 4.69) is 10.2 Å². The Morgan fingerprint density at radius 1 is 1.75 bits per heavy atom. The highest BCUT2D eigenvalue weighted by Gasteiger charge is 2.28. The van der Waals surface area contributed by atoms with Crippen molar-refractivity contribution in [2.45, 2.75) is 19.0 Å². The maximum absolute atomic E-state index is 10.9. The Morgan fingerprint density at radius 3 is 3.19 bits per heavy atom. The summed E-state index contributed by atoms with van der Waals surface area (Å²) in [6.07, 6.45) is 1.64. The van der Waals surface area contributed by atoms with Gasteiger partial charge in [-0.1, -0.05) is 0 Å². The zero-order valence-electron chi connectivity index (χ0n) is 9.22.